The van der Waals surface area contributed by atoms with Gasteiger partial charge in [0, 0.05) is 42.3 Å². The molecule has 0 radical (unpaired) electrons. The van der Waals surface area contributed by atoms with Gasteiger partial charge >= 0.3 is 5.97 Å². The molecular weight excluding hydrogens is 538 g/mol. The quantitative estimate of drug-likeness (QED) is 0.186. The summed E-state index contributed by atoms with van der Waals surface area (Å²) in [5.74, 6) is -2.10. The lowest BCUT2D eigenvalue weighted by molar-refractivity contribution is -0.155. The number of ether oxygens (including phenoxy) is 1. The van der Waals surface area contributed by atoms with Gasteiger partial charge < -0.3 is 24.5 Å². The second-order valence-corrected chi connectivity index (χ2v) is 13.3. The van der Waals surface area contributed by atoms with Crippen LogP contribution in [0.25, 0.3) is 0 Å². The summed E-state index contributed by atoms with van der Waals surface area (Å²) in [5.41, 5.74) is 1.80. The molecule has 3 fully saturated rings. The van der Waals surface area contributed by atoms with Crippen LogP contribution in [0.15, 0.2) is 49.6 Å². The number of benzene rings is 1. The molecule has 3 aliphatic rings. The molecule has 2 amide bonds. The zero-order valence-electron chi connectivity index (χ0n) is 24.7. The van der Waals surface area contributed by atoms with E-state index in [1.165, 1.54) is 4.90 Å². The molecule has 1 N–H and O–H groups in total. The molecule has 1 spiro atoms. The largest absolute Gasteiger partial charge is 0.465 e. The van der Waals surface area contributed by atoms with Gasteiger partial charge in [-0.05, 0) is 77.1 Å². The van der Waals surface area contributed by atoms with E-state index in [2.05, 4.69) is 31.9 Å². The number of nitrogens with zero attached hydrogens (tertiary/aromatic N) is 3. The topological polar surface area (TPSA) is 90.4 Å². The predicted molar refractivity (Wildman–Crippen MR) is 165 cm³/mol. The second-order valence-electron chi connectivity index (χ2n) is 11.4. The molecule has 5 atom stereocenters. The van der Waals surface area contributed by atoms with Crippen molar-refractivity contribution in [2.75, 3.05) is 49.2 Å². The van der Waals surface area contributed by atoms with Crippen molar-refractivity contribution in [2.45, 2.75) is 68.4 Å². The van der Waals surface area contributed by atoms with Crippen LogP contribution in [0.4, 0.5) is 11.4 Å². The lowest BCUT2D eigenvalue weighted by atomic mass is 9.66. The zero-order valence-corrected chi connectivity index (χ0v) is 25.5. The zero-order chi connectivity index (χ0) is 29.8. The Hall–Kier alpha value is -2.78. The first-order valence-corrected chi connectivity index (χ1v) is 15.7. The predicted octanol–water partition coefficient (Wildman–Crippen LogP) is 4.42. The Bertz CT molecular complexity index is 1140. The first kappa shape index (κ1) is 31.2. The third kappa shape index (κ3) is 5.55. The molecular formula is C32H45N3O5S. The number of anilines is 2. The van der Waals surface area contributed by atoms with Gasteiger partial charge in [-0.25, -0.2) is 0 Å². The van der Waals surface area contributed by atoms with E-state index in [1.807, 2.05) is 37.3 Å². The molecule has 3 heterocycles. The lowest BCUT2D eigenvalue weighted by Gasteiger charge is -2.37. The highest BCUT2D eigenvalue weighted by Crippen LogP contribution is 2.71. The molecule has 4 rings (SSSR count). The van der Waals surface area contributed by atoms with Gasteiger partial charge in [-0.3, -0.25) is 14.4 Å². The minimum atomic E-state index is -0.799. The number of hydrogen-bond acceptors (Lipinski definition) is 7. The minimum absolute atomic E-state index is 0.0386. The molecule has 8 nitrogen and oxygen atoms in total. The smallest absolute Gasteiger partial charge is 0.311 e. The number of fused-ring (bicyclic) bond motifs is 1. The van der Waals surface area contributed by atoms with Gasteiger partial charge in [0.15, 0.2) is 0 Å². The summed E-state index contributed by atoms with van der Waals surface area (Å²) in [6.07, 6.45) is 7.38. The van der Waals surface area contributed by atoms with Crippen LogP contribution < -0.4 is 9.80 Å². The highest BCUT2D eigenvalue weighted by atomic mass is 32.2. The van der Waals surface area contributed by atoms with Gasteiger partial charge in [-0.15, -0.1) is 24.9 Å². The molecule has 2 bridgehead atoms. The lowest BCUT2D eigenvalue weighted by Crippen LogP contribution is -2.55. The molecule has 3 aliphatic heterocycles. The summed E-state index contributed by atoms with van der Waals surface area (Å²) < 4.78 is 4.47. The number of carbonyl (C=O) groups is 3. The standard InChI is InChI=1S/C32H45N3O5S/c1-6-10-11-12-22-40-30(39)26-25-28(37)35(20-21-36)27(32(25)18-17-31(26,5)41-32)29(38)34(19-7-2)24-15-13-23(14-16-24)33(8-3)9-4/h6-7,13-16,25-27,36H,1-2,8-12,17-22H2,3-5H3/t25-,26-,27?,31+,32?/m0/s1. The summed E-state index contributed by atoms with van der Waals surface area (Å²) in [6.45, 7) is 16.0. The van der Waals surface area contributed by atoms with E-state index < -0.39 is 27.4 Å². The van der Waals surface area contributed by atoms with E-state index in [0.29, 0.717) is 19.4 Å². The third-order valence-electron chi connectivity index (χ3n) is 9.02. The van der Waals surface area contributed by atoms with Gasteiger partial charge in [0.1, 0.15) is 6.04 Å². The highest BCUT2D eigenvalue weighted by Gasteiger charge is 2.77. The maximum atomic E-state index is 14.5. The van der Waals surface area contributed by atoms with Gasteiger partial charge in [0.05, 0.1) is 29.8 Å². The third-order valence-corrected chi connectivity index (χ3v) is 11.0. The van der Waals surface area contributed by atoms with Crippen LogP contribution >= 0.6 is 11.8 Å². The van der Waals surface area contributed by atoms with Crippen LogP contribution in [0.3, 0.4) is 0 Å². The number of amides is 2. The van der Waals surface area contributed by atoms with Gasteiger partial charge in [-0.1, -0.05) is 12.2 Å². The molecule has 9 heteroatoms. The van der Waals surface area contributed by atoms with E-state index in [1.54, 1.807) is 22.7 Å². The normalized spacial score (nSPS) is 28.0. The number of rotatable bonds is 15. The van der Waals surface area contributed by atoms with Gasteiger partial charge in [0.2, 0.25) is 5.91 Å². The number of aliphatic hydroxyl groups excluding tert-OH is 1. The van der Waals surface area contributed by atoms with Gasteiger partial charge in [0.25, 0.3) is 5.91 Å². The Morgan fingerprint density at radius 3 is 2.41 bits per heavy atom. The fraction of sp³-hybridized carbons (Fsp3) is 0.594. The molecule has 0 aliphatic carbocycles. The number of esters is 1. The first-order chi connectivity index (χ1) is 19.7. The summed E-state index contributed by atoms with van der Waals surface area (Å²) in [5, 5.41) is 9.93. The fourth-order valence-corrected chi connectivity index (χ4v) is 9.43. The van der Waals surface area contributed by atoms with Crippen LogP contribution in [0.5, 0.6) is 0 Å². The molecule has 0 saturated carbocycles. The Morgan fingerprint density at radius 1 is 1.12 bits per heavy atom. The molecule has 224 valence electrons. The first-order valence-electron chi connectivity index (χ1n) is 14.9. The second kappa shape index (κ2) is 13.0. The van der Waals surface area contributed by atoms with Crippen molar-refractivity contribution < 1.29 is 24.2 Å². The van der Waals surface area contributed by atoms with E-state index in [-0.39, 0.29) is 37.5 Å². The molecule has 2 unspecified atom stereocenters. The van der Waals surface area contributed by atoms with Crippen LogP contribution in [-0.2, 0) is 19.1 Å². The maximum absolute atomic E-state index is 14.5. The van der Waals surface area contributed by atoms with Crippen LogP contribution in [-0.4, -0.2) is 82.7 Å². The van der Waals surface area contributed by atoms with Crippen LogP contribution in [0.1, 0.15) is 52.9 Å². The van der Waals surface area contributed by atoms with Crippen molar-refractivity contribution in [1.82, 2.24) is 4.90 Å². The molecule has 0 aromatic heterocycles. The number of hydrogen-bond donors (Lipinski definition) is 1. The monoisotopic (exact) mass is 583 g/mol. The molecule has 1 aromatic carbocycles. The number of thioether (sulfide) groups is 1. The van der Waals surface area contributed by atoms with Crippen molar-refractivity contribution in [3.05, 3.63) is 49.6 Å². The summed E-state index contributed by atoms with van der Waals surface area (Å²) in [7, 11) is 0. The van der Waals surface area contributed by atoms with Crippen molar-refractivity contribution in [1.29, 1.82) is 0 Å². The number of likely N-dealkylation sites (tertiary alicyclic amines) is 1. The van der Waals surface area contributed by atoms with Crippen molar-refractivity contribution in [2.24, 2.45) is 11.8 Å². The summed E-state index contributed by atoms with van der Waals surface area (Å²) >= 11 is 1.61. The number of aliphatic hydroxyl groups is 1. The minimum Gasteiger partial charge on any atom is -0.465 e. The van der Waals surface area contributed by atoms with Crippen LogP contribution in [0, 0.1) is 11.8 Å². The number of allylic oxidation sites excluding steroid dienone is 1. The van der Waals surface area contributed by atoms with Crippen molar-refractivity contribution in [3.8, 4) is 0 Å². The van der Waals surface area contributed by atoms with E-state index >= 15 is 0 Å². The Balaban J connectivity index is 1.66. The Morgan fingerprint density at radius 2 is 1.80 bits per heavy atom. The molecule has 1 aromatic rings. The van der Waals surface area contributed by atoms with Crippen LogP contribution in [0.2, 0.25) is 0 Å². The SMILES string of the molecule is C=CCCCCOC(=O)[C@@H]1[C@H]2C(=O)N(CCO)C(C(=O)N(CC=C)c3ccc(N(CC)CC)cc3)C23CC[C@@]1(C)S3. The fourth-order valence-electron chi connectivity index (χ4n) is 7.10. The van der Waals surface area contributed by atoms with E-state index in [4.69, 9.17) is 4.74 Å². The van der Waals surface area contributed by atoms with Gasteiger partial charge in [-0.2, -0.15) is 0 Å². The Kier molecular flexibility index (Phi) is 9.90. The molecule has 41 heavy (non-hydrogen) atoms. The number of carbonyl (C=O) groups excluding carboxylic acids is 3. The van der Waals surface area contributed by atoms with Crippen molar-refractivity contribution in [3.63, 3.8) is 0 Å². The summed E-state index contributed by atoms with van der Waals surface area (Å²) in [4.78, 5) is 47.5. The van der Waals surface area contributed by atoms with Crippen molar-refractivity contribution >= 4 is 40.9 Å². The number of unbranched alkanes of at least 4 members (excludes halogenated alkanes) is 2. The number of β-amino-alcohol motifs (C(OH)–C–C–N with tert-alkyl or cyclic N) is 1. The van der Waals surface area contributed by atoms with E-state index in [9.17, 15) is 19.5 Å². The Labute approximate surface area is 248 Å². The summed E-state index contributed by atoms with van der Waals surface area (Å²) in [6, 6.07) is 7.09. The maximum Gasteiger partial charge on any atom is 0.311 e. The highest BCUT2D eigenvalue weighted by molar-refractivity contribution is 8.02. The van der Waals surface area contributed by atoms with E-state index in [0.717, 1.165) is 43.7 Å². The average Bonchev–Trinajstić information content (AvgIpc) is 3.53. The molecule has 3 saturated heterocycles. The average molecular weight is 584 g/mol.